The third-order valence-electron chi connectivity index (χ3n) is 13.1. The van der Waals surface area contributed by atoms with E-state index in [1.165, 1.54) is 60.9 Å². The Labute approximate surface area is 303 Å². The first-order chi connectivity index (χ1) is 25.0. The minimum Gasteiger partial charge on any atom is -0.457 e. The number of para-hydroxylation sites is 1. The van der Waals surface area contributed by atoms with Gasteiger partial charge in [-0.2, -0.15) is 5.10 Å². The normalized spacial score (nSPS) is 17.1. The van der Waals surface area contributed by atoms with Crippen molar-refractivity contribution in [3.8, 4) is 28.3 Å². The molecule has 8 bridgehead atoms. The zero-order valence-electron chi connectivity index (χ0n) is 30.5. The van der Waals surface area contributed by atoms with Crippen LogP contribution in [0.5, 0.6) is 11.5 Å². The Hall–Kier alpha value is -5.68. The average molecular weight is 677 g/mol. The molecule has 52 heavy (non-hydrogen) atoms. The Balaban J connectivity index is 1.27. The summed E-state index contributed by atoms with van der Waals surface area (Å²) >= 11 is 0. The summed E-state index contributed by atoms with van der Waals surface area (Å²) in [5.74, 6) is 1.56. The van der Waals surface area contributed by atoms with Crippen molar-refractivity contribution in [2.45, 2.75) is 70.6 Å². The molecule has 0 saturated heterocycles. The molecule has 8 aromatic rings. The monoisotopic (exact) mass is 676 g/mol. The molecule has 0 N–H and O–H groups in total. The van der Waals surface area contributed by atoms with E-state index in [2.05, 4.69) is 143 Å². The highest BCUT2D eigenvalue weighted by molar-refractivity contribution is 6.13. The highest BCUT2D eigenvalue weighted by Gasteiger charge is 2.48. The summed E-state index contributed by atoms with van der Waals surface area (Å²) in [5.41, 5.74) is 15.8. The first-order valence-corrected chi connectivity index (χ1v) is 18.5. The maximum Gasteiger partial charge on any atom is 0.145 e. The molecule has 11 rings (SSSR count). The molecule has 0 spiro atoms. The van der Waals surface area contributed by atoms with Crippen molar-refractivity contribution in [3.63, 3.8) is 0 Å². The van der Waals surface area contributed by atoms with Gasteiger partial charge in [0.05, 0.1) is 28.3 Å². The number of aromatic nitrogens is 4. The van der Waals surface area contributed by atoms with Gasteiger partial charge in [-0.15, -0.1) is 0 Å². The van der Waals surface area contributed by atoms with Crippen LogP contribution in [0.3, 0.4) is 0 Å². The smallest absolute Gasteiger partial charge is 0.145 e. The van der Waals surface area contributed by atoms with E-state index < -0.39 is 0 Å². The van der Waals surface area contributed by atoms with Gasteiger partial charge < -0.3 is 4.74 Å². The zero-order chi connectivity index (χ0) is 35.3. The number of hydrogen-bond donors (Lipinski definition) is 0. The summed E-state index contributed by atoms with van der Waals surface area (Å²) < 4.78 is 11.1. The molecule has 3 aliphatic rings. The topological polar surface area (TPSA) is 44.4 Å². The van der Waals surface area contributed by atoms with E-state index in [0.29, 0.717) is 0 Å². The number of hydrogen-bond acceptors (Lipinski definition) is 3. The van der Waals surface area contributed by atoms with Crippen LogP contribution >= 0.6 is 0 Å². The summed E-state index contributed by atoms with van der Waals surface area (Å²) in [6.45, 7) is 14.4. The number of pyridine rings is 1. The average Bonchev–Trinajstić information content (AvgIpc) is 3.82. The Morgan fingerprint density at radius 2 is 1.31 bits per heavy atom. The lowest BCUT2D eigenvalue weighted by atomic mass is 9.60. The van der Waals surface area contributed by atoms with Crippen LogP contribution in [0.4, 0.5) is 0 Å². The summed E-state index contributed by atoms with van der Waals surface area (Å²) in [4.78, 5) is 5.70. The Kier molecular flexibility index (Phi) is 5.65. The zero-order valence-corrected chi connectivity index (χ0v) is 30.5. The van der Waals surface area contributed by atoms with E-state index in [9.17, 15) is 0 Å². The molecule has 1 aliphatic carbocycles. The lowest BCUT2D eigenvalue weighted by Crippen LogP contribution is -2.44. The maximum absolute atomic E-state index is 6.62. The Bertz CT molecular complexity index is 2860. The second-order valence-electron chi connectivity index (χ2n) is 16.7. The second kappa shape index (κ2) is 9.80. The fourth-order valence-corrected chi connectivity index (χ4v) is 9.85. The fraction of sp³-hybridized carbons (Fsp3) is 0.234. The van der Waals surface area contributed by atoms with Crippen LogP contribution < -0.4 is 4.74 Å². The molecular formula is C47H40N4O. The molecule has 0 amide bonds. The van der Waals surface area contributed by atoms with Gasteiger partial charge in [-0.25, -0.2) is 9.67 Å². The fourth-order valence-electron chi connectivity index (χ4n) is 9.85. The minimum atomic E-state index is -0.207. The summed E-state index contributed by atoms with van der Waals surface area (Å²) in [5, 5.41) is 8.63. The lowest BCUT2D eigenvalue weighted by Gasteiger charge is -2.46. The van der Waals surface area contributed by atoms with Gasteiger partial charge in [0.25, 0.3) is 0 Å². The van der Waals surface area contributed by atoms with Gasteiger partial charge in [0.15, 0.2) is 0 Å². The molecule has 3 aromatic heterocycles. The first-order valence-electron chi connectivity index (χ1n) is 18.5. The van der Waals surface area contributed by atoms with Crippen LogP contribution in [0.15, 0.2) is 109 Å². The number of fused-ring (bicyclic) bond motifs is 9. The van der Waals surface area contributed by atoms with Gasteiger partial charge >= 0.3 is 0 Å². The van der Waals surface area contributed by atoms with E-state index in [0.717, 1.165) is 52.4 Å². The van der Waals surface area contributed by atoms with Crippen LogP contribution in [0.2, 0.25) is 0 Å². The molecule has 0 saturated carbocycles. The van der Waals surface area contributed by atoms with E-state index in [1.807, 2.05) is 16.8 Å². The predicted molar refractivity (Wildman–Crippen MR) is 210 cm³/mol. The molecule has 5 heterocycles. The number of ether oxygens (including phenoxy) is 1. The number of benzene rings is 5. The largest absolute Gasteiger partial charge is 0.457 e. The van der Waals surface area contributed by atoms with E-state index >= 15 is 0 Å². The highest BCUT2D eigenvalue weighted by Crippen LogP contribution is 2.55. The standard InChI is InChI=1S/C47H40N4O/c1-45(2)36-16-7-11-27-23-29-21-22-50(49-29)30-13-9-14-31(25-30)52-32-19-20-33-34-15-10-18-38-42(34)51-43(47(5,6)46(38,3)4)39(48-44(51)35(33)26-32)24-28-12-8-17-37(45)41(28)40(27)36/h7-22,25-26H,23-24H2,1-6H3. The quantitative estimate of drug-likeness (QED) is 0.150. The van der Waals surface area contributed by atoms with Crippen molar-refractivity contribution in [2.75, 3.05) is 0 Å². The number of nitrogens with zero attached hydrogens (tertiary/aromatic N) is 4. The first kappa shape index (κ1) is 30.0. The van der Waals surface area contributed by atoms with Crippen molar-refractivity contribution in [2.24, 2.45) is 0 Å². The molecule has 2 aliphatic heterocycles. The van der Waals surface area contributed by atoms with Crippen molar-refractivity contribution < 1.29 is 4.74 Å². The molecule has 0 radical (unpaired) electrons. The minimum absolute atomic E-state index is 0.125. The number of rotatable bonds is 0. The molecule has 0 unspecified atom stereocenters. The van der Waals surface area contributed by atoms with Crippen molar-refractivity contribution in [3.05, 3.63) is 154 Å². The van der Waals surface area contributed by atoms with Crippen molar-refractivity contribution >= 4 is 27.3 Å². The van der Waals surface area contributed by atoms with Crippen LogP contribution in [-0.2, 0) is 29.1 Å². The Morgan fingerprint density at radius 3 is 2.10 bits per heavy atom. The van der Waals surface area contributed by atoms with Gasteiger partial charge in [-0.3, -0.25) is 4.40 Å². The summed E-state index contributed by atoms with van der Waals surface area (Å²) in [6, 6.07) is 37.5. The summed E-state index contributed by atoms with van der Waals surface area (Å²) in [7, 11) is 0. The summed E-state index contributed by atoms with van der Waals surface area (Å²) in [6.07, 6.45) is 3.55. The van der Waals surface area contributed by atoms with Gasteiger partial charge in [-0.1, -0.05) is 102 Å². The van der Waals surface area contributed by atoms with E-state index in [-0.39, 0.29) is 16.2 Å². The molecular weight excluding hydrogens is 637 g/mol. The van der Waals surface area contributed by atoms with Gasteiger partial charge in [-0.05, 0) is 80.7 Å². The molecule has 0 fully saturated rings. The molecule has 0 atom stereocenters. The number of imidazole rings is 1. The van der Waals surface area contributed by atoms with Gasteiger partial charge in [0, 0.05) is 52.1 Å². The predicted octanol–water partition coefficient (Wildman–Crippen LogP) is 11.0. The molecule has 5 aromatic carbocycles. The van der Waals surface area contributed by atoms with Gasteiger partial charge in [0.1, 0.15) is 17.1 Å². The third-order valence-corrected chi connectivity index (χ3v) is 13.1. The molecule has 5 nitrogen and oxygen atoms in total. The Morgan fingerprint density at radius 1 is 0.615 bits per heavy atom. The lowest BCUT2D eigenvalue weighted by molar-refractivity contribution is 0.286. The SMILES string of the molecule is CC1(C)c2cccc3c2-c2c(cccc21)Cc1nc2c4cc(ccc4c4cccc5c4n2c1C(C)(C)C5(C)C)Oc1cccc(c1)-n1ccc(n1)C3. The molecule has 254 valence electrons. The van der Waals surface area contributed by atoms with Gasteiger partial charge in [0.2, 0.25) is 0 Å². The van der Waals surface area contributed by atoms with Crippen molar-refractivity contribution in [1.29, 1.82) is 0 Å². The molecule has 5 heteroatoms. The van der Waals surface area contributed by atoms with Crippen LogP contribution in [0.1, 0.15) is 86.4 Å². The third kappa shape index (κ3) is 3.73. The van der Waals surface area contributed by atoms with Crippen LogP contribution in [0.25, 0.3) is 44.1 Å². The van der Waals surface area contributed by atoms with Crippen LogP contribution in [0, 0.1) is 0 Å². The second-order valence-corrected chi connectivity index (χ2v) is 16.7. The van der Waals surface area contributed by atoms with E-state index in [4.69, 9.17) is 14.8 Å². The highest BCUT2D eigenvalue weighted by atomic mass is 16.5. The maximum atomic E-state index is 6.62. The van der Waals surface area contributed by atoms with Crippen LogP contribution in [-0.4, -0.2) is 19.2 Å². The van der Waals surface area contributed by atoms with E-state index in [1.54, 1.807) is 0 Å². The van der Waals surface area contributed by atoms with Crippen molar-refractivity contribution in [1.82, 2.24) is 19.2 Å².